The summed E-state index contributed by atoms with van der Waals surface area (Å²) in [6.07, 6.45) is 1.52. The van der Waals surface area contributed by atoms with Gasteiger partial charge in [0.05, 0.1) is 6.61 Å². The van der Waals surface area contributed by atoms with Crippen LogP contribution in [0.15, 0.2) is 24.3 Å². The number of hydrogen-bond acceptors (Lipinski definition) is 4. The number of amides is 1. The Morgan fingerprint density at radius 1 is 1.43 bits per heavy atom. The van der Waals surface area contributed by atoms with Crippen LogP contribution in [-0.4, -0.2) is 43.7 Å². The lowest BCUT2D eigenvalue weighted by atomic mass is 10.2. The molecule has 0 bridgehead atoms. The highest BCUT2D eigenvalue weighted by molar-refractivity contribution is 5.91. The third-order valence-electron chi connectivity index (χ3n) is 3.59. The van der Waals surface area contributed by atoms with Crippen molar-refractivity contribution in [3.8, 4) is 0 Å². The third kappa shape index (κ3) is 6.60. The second-order valence-electron chi connectivity index (χ2n) is 5.21. The molecule has 0 heterocycles. The molecule has 118 valence electrons. The van der Waals surface area contributed by atoms with Crippen molar-refractivity contribution >= 4 is 17.3 Å². The molecule has 5 nitrogen and oxygen atoms in total. The average molecular weight is 293 g/mol. The van der Waals surface area contributed by atoms with Crippen LogP contribution in [0.3, 0.4) is 0 Å². The minimum absolute atomic E-state index is 0.00585. The molecule has 0 spiro atoms. The summed E-state index contributed by atoms with van der Waals surface area (Å²) in [5, 5.41) is 2.87. The van der Waals surface area contributed by atoms with E-state index in [0.717, 1.165) is 25.2 Å². The first-order chi connectivity index (χ1) is 10.1. The van der Waals surface area contributed by atoms with Crippen molar-refractivity contribution < 1.29 is 9.53 Å². The molecule has 1 unspecified atom stereocenters. The SMILES string of the molecule is CCC(C)N(CCOC)CCC(=O)Nc1cccc(N)c1. The maximum absolute atomic E-state index is 12.0. The number of carbonyl (C=O) groups is 1. The number of hydrogen-bond donors (Lipinski definition) is 2. The number of methoxy groups -OCH3 is 1. The lowest BCUT2D eigenvalue weighted by molar-refractivity contribution is -0.116. The van der Waals surface area contributed by atoms with E-state index in [1.54, 1.807) is 19.2 Å². The molecule has 0 aliphatic heterocycles. The van der Waals surface area contributed by atoms with Crippen molar-refractivity contribution in [2.45, 2.75) is 32.7 Å². The molecule has 1 aromatic carbocycles. The first-order valence-electron chi connectivity index (χ1n) is 7.45. The van der Waals surface area contributed by atoms with Crippen LogP contribution in [0.2, 0.25) is 0 Å². The molecule has 1 aromatic rings. The molecule has 0 aliphatic carbocycles. The van der Waals surface area contributed by atoms with Gasteiger partial charge in [-0.15, -0.1) is 0 Å². The van der Waals surface area contributed by atoms with Crippen LogP contribution in [0.25, 0.3) is 0 Å². The number of anilines is 2. The summed E-state index contributed by atoms with van der Waals surface area (Å²) in [5.74, 6) is 0.00585. The smallest absolute Gasteiger partial charge is 0.225 e. The Hall–Kier alpha value is -1.59. The summed E-state index contributed by atoms with van der Waals surface area (Å²) in [6.45, 7) is 6.58. The molecule has 1 atom stereocenters. The summed E-state index contributed by atoms with van der Waals surface area (Å²) in [5.41, 5.74) is 7.09. The van der Waals surface area contributed by atoms with Crippen molar-refractivity contribution in [3.05, 3.63) is 24.3 Å². The molecule has 0 radical (unpaired) electrons. The Morgan fingerprint density at radius 3 is 2.81 bits per heavy atom. The first kappa shape index (κ1) is 17.5. The first-order valence-corrected chi connectivity index (χ1v) is 7.45. The number of nitrogens with one attached hydrogen (secondary N) is 1. The number of rotatable bonds is 9. The quantitative estimate of drug-likeness (QED) is 0.686. The van der Waals surface area contributed by atoms with E-state index in [-0.39, 0.29) is 5.91 Å². The lowest BCUT2D eigenvalue weighted by Gasteiger charge is -2.27. The van der Waals surface area contributed by atoms with Gasteiger partial charge in [0.25, 0.3) is 0 Å². The molecule has 0 saturated carbocycles. The second-order valence-corrected chi connectivity index (χ2v) is 5.21. The molecule has 0 saturated heterocycles. The number of nitrogens with zero attached hydrogens (tertiary/aromatic N) is 1. The summed E-state index contributed by atoms with van der Waals surface area (Å²) < 4.78 is 5.13. The fourth-order valence-corrected chi connectivity index (χ4v) is 2.10. The highest BCUT2D eigenvalue weighted by Gasteiger charge is 2.13. The van der Waals surface area contributed by atoms with Crippen LogP contribution in [0, 0.1) is 0 Å². The predicted octanol–water partition coefficient (Wildman–Crippen LogP) is 2.34. The molecular weight excluding hydrogens is 266 g/mol. The molecular formula is C16H27N3O2. The Bertz CT molecular complexity index is 437. The minimum Gasteiger partial charge on any atom is -0.399 e. The Labute approximate surface area is 127 Å². The van der Waals surface area contributed by atoms with Gasteiger partial charge in [0.15, 0.2) is 0 Å². The number of ether oxygens (including phenoxy) is 1. The fraction of sp³-hybridized carbons (Fsp3) is 0.562. The van der Waals surface area contributed by atoms with Crippen molar-refractivity contribution in [2.24, 2.45) is 0 Å². The maximum atomic E-state index is 12.0. The maximum Gasteiger partial charge on any atom is 0.225 e. The van der Waals surface area contributed by atoms with Crippen LogP contribution in [0.5, 0.6) is 0 Å². The molecule has 1 rings (SSSR count). The van der Waals surface area contributed by atoms with E-state index in [1.807, 2.05) is 12.1 Å². The summed E-state index contributed by atoms with van der Waals surface area (Å²) in [4.78, 5) is 14.3. The lowest BCUT2D eigenvalue weighted by Crippen LogP contribution is -2.37. The molecule has 0 aliphatic rings. The van der Waals surface area contributed by atoms with Crippen LogP contribution >= 0.6 is 0 Å². The summed E-state index contributed by atoms with van der Waals surface area (Å²) in [6, 6.07) is 7.67. The monoisotopic (exact) mass is 293 g/mol. The van der Waals surface area contributed by atoms with Gasteiger partial charge in [0.1, 0.15) is 0 Å². The zero-order valence-corrected chi connectivity index (χ0v) is 13.3. The van der Waals surface area contributed by atoms with Gasteiger partial charge in [0.2, 0.25) is 5.91 Å². The zero-order valence-electron chi connectivity index (χ0n) is 13.3. The van der Waals surface area contributed by atoms with Crippen molar-refractivity contribution in [1.82, 2.24) is 4.90 Å². The highest BCUT2D eigenvalue weighted by atomic mass is 16.5. The van der Waals surface area contributed by atoms with E-state index in [1.165, 1.54) is 0 Å². The van der Waals surface area contributed by atoms with Gasteiger partial charge in [-0.3, -0.25) is 9.69 Å². The normalized spacial score (nSPS) is 12.4. The largest absolute Gasteiger partial charge is 0.399 e. The predicted molar refractivity (Wildman–Crippen MR) is 87.3 cm³/mol. The van der Waals surface area contributed by atoms with Gasteiger partial charge in [0, 0.05) is 44.0 Å². The molecule has 3 N–H and O–H groups in total. The Kier molecular flexibility index (Phi) is 7.79. The van der Waals surface area contributed by atoms with Crippen LogP contribution in [-0.2, 0) is 9.53 Å². The second kappa shape index (κ2) is 9.37. The molecule has 21 heavy (non-hydrogen) atoms. The van der Waals surface area contributed by atoms with Crippen molar-refractivity contribution in [3.63, 3.8) is 0 Å². The van der Waals surface area contributed by atoms with Crippen LogP contribution in [0.4, 0.5) is 11.4 Å². The molecule has 5 heteroatoms. The van der Waals surface area contributed by atoms with Gasteiger partial charge in [-0.2, -0.15) is 0 Å². The van der Waals surface area contributed by atoms with E-state index in [0.29, 0.717) is 24.8 Å². The van der Waals surface area contributed by atoms with Gasteiger partial charge < -0.3 is 15.8 Å². The van der Waals surface area contributed by atoms with E-state index in [4.69, 9.17) is 10.5 Å². The van der Waals surface area contributed by atoms with Gasteiger partial charge in [-0.05, 0) is 31.5 Å². The van der Waals surface area contributed by atoms with Gasteiger partial charge in [-0.1, -0.05) is 13.0 Å². The van der Waals surface area contributed by atoms with Crippen LogP contribution < -0.4 is 11.1 Å². The minimum atomic E-state index is 0.00585. The Morgan fingerprint density at radius 2 is 2.19 bits per heavy atom. The molecule has 0 fully saturated rings. The topological polar surface area (TPSA) is 67.6 Å². The number of benzene rings is 1. The van der Waals surface area contributed by atoms with E-state index >= 15 is 0 Å². The van der Waals surface area contributed by atoms with Crippen LogP contribution in [0.1, 0.15) is 26.7 Å². The van der Waals surface area contributed by atoms with E-state index < -0.39 is 0 Å². The van der Waals surface area contributed by atoms with Crippen molar-refractivity contribution in [1.29, 1.82) is 0 Å². The average Bonchev–Trinajstić information content (AvgIpc) is 2.46. The standard InChI is InChI=1S/C16H27N3O2/c1-4-13(2)19(10-11-21-3)9-8-16(20)18-15-7-5-6-14(17)12-15/h5-7,12-13H,4,8-11,17H2,1-3H3,(H,18,20). The van der Waals surface area contributed by atoms with Gasteiger partial charge in [-0.25, -0.2) is 0 Å². The van der Waals surface area contributed by atoms with E-state index in [2.05, 4.69) is 24.1 Å². The number of nitrogens with two attached hydrogens (primary N) is 1. The summed E-state index contributed by atoms with van der Waals surface area (Å²) >= 11 is 0. The van der Waals surface area contributed by atoms with E-state index in [9.17, 15) is 4.79 Å². The zero-order chi connectivity index (χ0) is 15.7. The Balaban J connectivity index is 2.45. The van der Waals surface area contributed by atoms with Crippen molar-refractivity contribution in [2.75, 3.05) is 37.9 Å². The highest BCUT2D eigenvalue weighted by Crippen LogP contribution is 2.12. The molecule has 1 amide bonds. The fourth-order valence-electron chi connectivity index (χ4n) is 2.10. The number of nitrogen functional groups attached to an aromatic ring is 1. The molecule has 0 aromatic heterocycles. The van der Waals surface area contributed by atoms with Gasteiger partial charge >= 0.3 is 0 Å². The number of carbonyl (C=O) groups excluding carboxylic acids is 1. The summed E-state index contributed by atoms with van der Waals surface area (Å²) in [7, 11) is 1.70. The third-order valence-corrected chi connectivity index (χ3v) is 3.59.